The molecule has 2 aromatic heterocycles. The van der Waals surface area contributed by atoms with Crippen molar-refractivity contribution in [3.63, 3.8) is 0 Å². The molecule has 0 spiro atoms. The Morgan fingerprint density at radius 2 is 2.08 bits per heavy atom. The molecule has 0 aromatic carbocycles. The monoisotopic (exact) mass is 375 g/mol. The first-order chi connectivity index (χ1) is 12.6. The van der Waals surface area contributed by atoms with E-state index in [1.807, 2.05) is 17.5 Å². The molecule has 0 aliphatic heterocycles. The lowest BCUT2D eigenvalue weighted by atomic mass is 9.86. The van der Waals surface area contributed by atoms with E-state index in [9.17, 15) is 9.59 Å². The van der Waals surface area contributed by atoms with Crippen LogP contribution < -0.4 is 10.6 Å². The summed E-state index contributed by atoms with van der Waals surface area (Å²) in [6.07, 6.45) is 7.98. The highest BCUT2D eigenvalue weighted by molar-refractivity contribution is 7.14. The molecule has 2 amide bonds. The lowest BCUT2D eigenvalue weighted by Gasteiger charge is -2.20. The Bertz CT molecular complexity index is 747. The maximum Gasteiger partial charge on any atom is 0.226 e. The molecule has 0 unspecified atom stereocenters. The van der Waals surface area contributed by atoms with E-state index < -0.39 is 0 Å². The maximum atomic E-state index is 12.1. The van der Waals surface area contributed by atoms with Crippen LogP contribution in [0, 0.1) is 5.92 Å². The number of furan rings is 1. The van der Waals surface area contributed by atoms with Gasteiger partial charge in [-0.2, -0.15) is 0 Å². The molecule has 0 radical (unpaired) electrons. The predicted octanol–water partition coefficient (Wildman–Crippen LogP) is 4.34. The molecule has 2 aromatic rings. The highest BCUT2D eigenvalue weighted by Gasteiger charge is 2.16. The third-order valence-electron chi connectivity index (χ3n) is 4.68. The van der Waals surface area contributed by atoms with Crippen molar-refractivity contribution in [1.29, 1.82) is 0 Å². The molecule has 1 saturated carbocycles. The number of aromatic nitrogens is 1. The highest BCUT2D eigenvalue weighted by atomic mass is 32.1. The van der Waals surface area contributed by atoms with Crippen LogP contribution in [0.25, 0.3) is 11.5 Å². The van der Waals surface area contributed by atoms with Crippen LogP contribution in [0.2, 0.25) is 0 Å². The van der Waals surface area contributed by atoms with Gasteiger partial charge in [-0.25, -0.2) is 4.98 Å². The van der Waals surface area contributed by atoms with Crippen molar-refractivity contribution in [2.75, 3.05) is 5.32 Å². The smallest absolute Gasteiger partial charge is 0.226 e. The summed E-state index contributed by atoms with van der Waals surface area (Å²) in [7, 11) is 0. The molecule has 1 aliphatic rings. The summed E-state index contributed by atoms with van der Waals surface area (Å²) in [4.78, 5) is 27.5. The van der Waals surface area contributed by atoms with Crippen molar-refractivity contribution < 1.29 is 14.0 Å². The minimum atomic E-state index is -0.102. The van der Waals surface area contributed by atoms with Gasteiger partial charge >= 0.3 is 0 Å². The summed E-state index contributed by atoms with van der Waals surface area (Å²) in [6.45, 7) is 1.82. The van der Waals surface area contributed by atoms with E-state index >= 15 is 0 Å². The summed E-state index contributed by atoms with van der Waals surface area (Å²) in [5, 5.41) is 8.03. The lowest BCUT2D eigenvalue weighted by Crippen LogP contribution is -2.18. The van der Waals surface area contributed by atoms with Crippen molar-refractivity contribution >= 4 is 28.3 Å². The van der Waals surface area contributed by atoms with Crippen molar-refractivity contribution in [2.24, 2.45) is 5.92 Å². The van der Waals surface area contributed by atoms with Crippen LogP contribution in [-0.4, -0.2) is 16.8 Å². The Hall–Kier alpha value is -2.15. The molecule has 1 fully saturated rings. The predicted molar refractivity (Wildman–Crippen MR) is 102 cm³/mol. The molecule has 1 aliphatic carbocycles. The zero-order valence-electron chi connectivity index (χ0n) is 15.0. The Morgan fingerprint density at radius 1 is 1.27 bits per heavy atom. The number of anilines is 1. The minimum absolute atomic E-state index is 0.0299. The number of thiazole rings is 1. The minimum Gasteiger partial charge on any atom is -0.458 e. The second-order valence-electron chi connectivity index (χ2n) is 6.80. The summed E-state index contributed by atoms with van der Waals surface area (Å²) in [6, 6.07) is 3.63. The summed E-state index contributed by atoms with van der Waals surface area (Å²) < 4.78 is 5.68. The number of rotatable bonds is 7. The van der Waals surface area contributed by atoms with Gasteiger partial charge < -0.3 is 15.1 Å². The van der Waals surface area contributed by atoms with Gasteiger partial charge in [0.1, 0.15) is 11.5 Å². The van der Waals surface area contributed by atoms with E-state index in [2.05, 4.69) is 15.6 Å². The van der Waals surface area contributed by atoms with Crippen molar-refractivity contribution in [1.82, 2.24) is 10.3 Å². The number of hydrogen-bond donors (Lipinski definition) is 2. The average Bonchev–Trinajstić information content (AvgIpc) is 3.28. The topological polar surface area (TPSA) is 84.2 Å². The van der Waals surface area contributed by atoms with Gasteiger partial charge in [0.2, 0.25) is 11.8 Å². The fourth-order valence-electron chi connectivity index (χ4n) is 3.26. The van der Waals surface area contributed by atoms with Gasteiger partial charge in [-0.15, -0.1) is 11.3 Å². The SMILES string of the molecule is CC(=O)NCc1ccc(-c2csc(NC(=O)CCC3CCCCC3)n2)o1. The molecule has 6 nitrogen and oxygen atoms in total. The molecule has 26 heavy (non-hydrogen) atoms. The number of nitrogens with zero attached hydrogens (tertiary/aromatic N) is 1. The molecule has 0 bridgehead atoms. The third-order valence-corrected chi connectivity index (χ3v) is 5.44. The Labute approximate surface area is 157 Å². The van der Waals surface area contributed by atoms with E-state index in [0.717, 1.165) is 6.42 Å². The second-order valence-corrected chi connectivity index (χ2v) is 7.66. The Balaban J connectivity index is 1.49. The first-order valence-corrected chi connectivity index (χ1v) is 10.1. The molecule has 2 N–H and O–H groups in total. The van der Waals surface area contributed by atoms with Crippen LogP contribution in [0.5, 0.6) is 0 Å². The summed E-state index contributed by atoms with van der Waals surface area (Å²) >= 11 is 1.39. The molecule has 2 heterocycles. The van der Waals surface area contributed by atoms with Crippen LogP contribution in [-0.2, 0) is 16.1 Å². The Morgan fingerprint density at radius 3 is 2.85 bits per heavy atom. The number of hydrogen-bond acceptors (Lipinski definition) is 5. The fraction of sp³-hybridized carbons (Fsp3) is 0.526. The molecule has 3 rings (SSSR count). The third kappa shape index (κ3) is 5.42. The van der Waals surface area contributed by atoms with Crippen molar-refractivity contribution in [3.8, 4) is 11.5 Å². The van der Waals surface area contributed by atoms with Gasteiger partial charge in [-0.3, -0.25) is 9.59 Å². The molecule has 0 atom stereocenters. The van der Waals surface area contributed by atoms with Gasteiger partial charge in [0.05, 0.1) is 6.54 Å². The van der Waals surface area contributed by atoms with Crippen LogP contribution in [0.3, 0.4) is 0 Å². The van der Waals surface area contributed by atoms with E-state index in [1.54, 1.807) is 0 Å². The van der Waals surface area contributed by atoms with Crippen LogP contribution in [0.4, 0.5) is 5.13 Å². The number of amides is 2. The largest absolute Gasteiger partial charge is 0.458 e. The van der Waals surface area contributed by atoms with E-state index in [0.29, 0.717) is 41.2 Å². The first kappa shape index (κ1) is 18.6. The maximum absolute atomic E-state index is 12.1. The summed E-state index contributed by atoms with van der Waals surface area (Å²) in [5.74, 6) is 1.93. The van der Waals surface area contributed by atoms with E-state index in [-0.39, 0.29) is 11.8 Å². The molecule has 0 saturated heterocycles. The standard InChI is InChI=1S/C19H25N3O3S/c1-13(23)20-11-15-8-9-17(25-15)16-12-26-19(21-16)22-18(24)10-7-14-5-3-2-4-6-14/h8-9,12,14H,2-7,10-11H2,1H3,(H,20,23)(H,21,22,24). The quantitative estimate of drug-likeness (QED) is 0.754. The zero-order chi connectivity index (χ0) is 18.4. The normalized spacial score (nSPS) is 15.0. The summed E-state index contributed by atoms with van der Waals surface area (Å²) in [5.41, 5.74) is 0.687. The molecule has 7 heteroatoms. The molecular weight excluding hydrogens is 350 g/mol. The van der Waals surface area contributed by atoms with Crippen LogP contribution >= 0.6 is 11.3 Å². The number of carbonyl (C=O) groups excluding carboxylic acids is 2. The van der Waals surface area contributed by atoms with Gasteiger partial charge in [0.15, 0.2) is 10.9 Å². The lowest BCUT2D eigenvalue weighted by molar-refractivity contribution is -0.119. The van der Waals surface area contributed by atoms with Gasteiger partial charge in [0, 0.05) is 18.7 Å². The Kier molecular flexibility index (Phi) is 6.44. The zero-order valence-corrected chi connectivity index (χ0v) is 15.9. The number of nitrogens with one attached hydrogen (secondary N) is 2. The average molecular weight is 375 g/mol. The highest BCUT2D eigenvalue weighted by Crippen LogP contribution is 2.29. The fourth-order valence-corrected chi connectivity index (χ4v) is 3.98. The van der Waals surface area contributed by atoms with Crippen LogP contribution in [0.1, 0.15) is 57.6 Å². The molecular formula is C19H25N3O3S. The van der Waals surface area contributed by atoms with Gasteiger partial charge in [0.25, 0.3) is 0 Å². The second kappa shape index (κ2) is 8.98. The number of carbonyl (C=O) groups is 2. The van der Waals surface area contributed by atoms with Crippen molar-refractivity contribution in [3.05, 3.63) is 23.3 Å². The van der Waals surface area contributed by atoms with E-state index in [4.69, 9.17) is 4.42 Å². The van der Waals surface area contributed by atoms with Crippen molar-refractivity contribution in [2.45, 2.75) is 58.4 Å². The van der Waals surface area contributed by atoms with E-state index in [1.165, 1.54) is 50.4 Å². The first-order valence-electron chi connectivity index (χ1n) is 9.19. The van der Waals surface area contributed by atoms with Gasteiger partial charge in [-0.05, 0) is 24.5 Å². The van der Waals surface area contributed by atoms with Gasteiger partial charge in [-0.1, -0.05) is 32.1 Å². The van der Waals surface area contributed by atoms with Crippen LogP contribution in [0.15, 0.2) is 21.9 Å². The molecule has 140 valence electrons.